The molecule has 2 fully saturated rings. The second-order valence-electron chi connectivity index (χ2n) is 5.19. The number of carbonyl (C=O) groups excluding carboxylic acids is 1. The minimum atomic E-state index is -3.44. The third-order valence-electron chi connectivity index (χ3n) is 3.75. The Kier molecular flexibility index (Phi) is 3.73. The van der Waals surface area contributed by atoms with Crippen LogP contribution in [0.15, 0.2) is 0 Å². The molecule has 0 aromatic rings. The van der Waals surface area contributed by atoms with E-state index in [4.69, 9.17) is 0 Å². The standard InChI is InChI=1S/C11H20N2O3S/c1-17(15,16)13-11(14)10-7-6-8-4-2-3-5-9(8)12-10/h8-10,12H,2-7H2,1H3,(H,13,14). The van der Waals surface area contributed by atoms with Gasteiger partial charge in [0.1, 0.15) is 0 Å². The van der Waals surface area contributed by atoms with Gasteiger partial charge in [-0.25, -0.2) is 8.42 Å². The van der Waals surface area contributed by atoms with Crippen molar-refractivity contribution >= 4 is 15.9 Å². The third-order valence-corrected chi connectivity index (χ3v) is 4.32. The molecule has 3 atom stereocenters. The lowest BCUT2D eigenvalue weighted by atomic mass is 9.78. The number of sulfonamides is 1. The third kappa shape index (κ3) is 3.42. The molecular formula is C11H20N2O3S. The number of hydrogen-bond acceptors (Lipinski definition) is 4. The topological polar surface area (TPSA) is 75.3 Å². The Morgan fingerprint density at radius 1 is 1.18 bits per heavy atom. The molecule has 2 N–H and O–H groups in total. The maximum atomic E-state index is 11.7. The van der Waals surface area contributed by atoms with Gasteiger partial charge in [0.05, 0.1) is 12.3 Å². The minimum Gasteiger partial charge on any atom is -0.303 e. The van der Waals surface area contributed by atoms with Crippen molar-refractivity contribution in [3.05, 3.63) is 0 Å². The van der Waals surface area contributed by atoms with Crippen LogP contribution in [0.25, 0.3) is 0 Å². The van der Waals surface area contributed by atoms with E-state index in [1.54, 1.807) is 0 Å². The summed E-state index contributed by atoms with van der Waals surface area (Å²) in [4.78, 5) is 11.7. The fraction of sp³-hybridized carbons (Fsp3) is 0.909. The summed E-state index contributed by atoms with van der Waals surface area (Å²) in [6, 6.07) is 0.0527. The number of rotatable bonds is 2. The predicted octanol–water partition coefficient (Wildman–Crippen LogP) is 0.373. The van der Waals surface area contributed by atoms with Gasteiger partial charge in [-0.05, 0) is 31.6 Å². The minimum absolute atomic E-state index is 0.343. The van der Waals surface area contributed by atoms with Crippen molar-refractivity contribution in [2.24, 2.45) is 5.92 Å². The molecular weight excluding hydrogens is 240 g/mol. The monoisotopic (exact) mass is 260 g/mol. The number of piperidine rings is 1. The Labute approximate surface area is 102 Å². The number of hydrogen-bond donors (Lipinski definition) is 2. The van der Waals surface area contributed by atoms with E-state index in [1.165, 1.54) is 19.3 Å². The Morgan fingerprint density at radius 3 is 2.59 bits per heavy atom. The van der Waals surface area contributed by atoms with Gasteiger partial charge in [0, 0.05) is 6.04 Å². The smallest absolute Gasteiger partial charge is 0.250 e. The maximum Gasteiger partial charge on any atom is 0.250 e. The van der Waals surface area contributed by atoms with E-state index in [2.05, 4.69) is 10.0 Å². The molecule has 0 spiro atoms. The molecule has 2 aliphatic rings. The van der Waals surface area contributed by atoms with Gasteiger partial charge in [-0.2, -0.15) is 0 Å². The summed E-state index contributed by atoms with van der Waals surface area (Å²) in [5.41, 5.74) is 0. The fourth-order valence-electron chi connectivity index (χ4n) is 2.96. The lowest BCUT2D eigenvalue weighted by Crippen LogP contribution is -2.55. The first-order valence-electron chi connectivity index (χ1n) is 6.23. The summed E-state index contributed by atoms with van der Waals surface area (Å²) in [6.07, 6.45) is 7.60. The molecule has 1 saturated carbocycles. The van der Waals surface area contributed by atoms with E-state index in [-0.39, 0.29) is 6.04 Å². The van der Waals surface area contributed by atoms with Crippen molar-refractivity contribution in [3.63, 3.8) is 0 Å². The van der Waals surface area contributed by atoms with E-state index >= 15 is 0 Å². The zero-order chi connectivity index (χ0) is 12.5. The molecule has 3 unspecified atom stereocenters. The highest BCUT2D eigenvalue weighted by Crippen LogP contribution is 2.32. The van der Waals surface area contributed by atoms with Crippen molar-refractivity contribution in [3.8, 4) is 0 Å². The summed E-state index contributed by atoms with van der Waals surface area (Å²) in [6.45, 7) is 0. The van der Waals surface area contributed by atoms with Crippen LogP contribution in [0.4, 0.5) is 0 Å². The molecule has 0 bridgehead atoms. The first-order valence-corrected chi connectivity index (χ1v) is 8.12. The summed E-state index contributed by atoms with van der Waals surface area (Å²) in [5, 5.41) is 3.30. The maximum absolute atomic E-state index is 11.7. The SMILES string of the molecule is CS(=O)(=O)NC(=O)C1CCC2CCCCC2N1. The molecule has 1 amide bonds. The van der Waals surface area contributed by atoms with Gasteiger partial charge in [-0.15, -0.1) is 0 Å². The van der Waals surface area contributed by atoms with E-state index < -0.39 is 15.9 Å². The van der Waals surface area contributed by atoms with Gasteiger partial charge in [-0.3, -0.25) is 9.52 Å². The number of carbonyl (C=O) groups is 1. The van der Waals surface area contributed by atoms with E-state index in [1.807, 2.05) is 0 Å². The number of amides is 1. The fourth-order valence-corrected chi connectivity index (χ4v) is 3.46. The second-order valence-corrected chi connectivity index (χ2v) is 6.93. The highest BCUT2D eigenvalue weighted by atomic mass is 32.2. The first-order chi connectivity index (χ1) is 7.96. The lowest BCUT2D eigenvalue weighted by molar-refractivity contribution is -0.122. The quantitative estimate of drug-likeness (QED) is 0.752. The molecule has 2 rings (SSSR count). The molecule has 98 valence electrons. The van der Waals surface area contributed by atoms with Crippen molar-refractivity contribution in [2.75, 3.05) is 6.26 Å². The number of nitrogens with one attached hydrogen (secondary N) is 2. The average Bonchev–Trinajstić information content (AvgIpc) is 2.26. The van der Waals surface area contributed by atoms with Crippen LogP contribution >= 0.6 is 0 Å². The van der Waals surface area contributed by atoms with Crippen molar-refractivity contribution in [2.45, 2.75) is 50.6 Å². The van der Waals surface area contributed by atoms with Gasteiger partial charge < -0.3 is 5.32 Å². The van der Waals surface area contributed by atoms with Crippen LogP contribution in [-0.2, 0) is 14.8 Å². The summed E-state index contributed by atoms with van der Waals surface area (Å²) in [7, 11) is -3.44. The summed E-state index contributed by atoms with van der Waals surface area (Å²) < 4.78 is 24.1. The molecule has 0 aromatic carbocycles. The highest BCUT2D eigenvalue weighted by molar-refractivity contribution is 7.89. The molecule has 1 aliphatic carbocycles. The summed E-state index contributed by atoms with van der Waals surface area (Å²) in [5.74, 6) is 0.266. The first kappa shape index (κ1) is 12.8. The zero-order valence-corrected chi connectivity index (χ0v) is 10.9. The molecule has 1 aliphatic heterocycles. The molecule has 0 radical (unpaired) electrons. The normalized spacial score (nSPS) is 33.8. The van der Waals surface area contributed by atoms with E-state index in [9.17, 15) is 13.2 Å². The van der Waals surface area contributed by atoms with Crippen LogP contribution in [0.1, 0.15) is 38.5 Å². The molecule has 0 aromatic heterocycles. The molecule has 1 heterocycles. The zero-order valence-electron chi connectivity index (χ0n) is 10.1. The highest BCUT2D eigenvalue weighted by Gasteiger charge is 2.34. The largest absolute Gasteiger partial charge is 0.303 e. The molecule has 5 nitrogen and oxygen atoms in total. The van der Waals surface area contributed by atoms with Gasteiger partial charge in [0.25, 0.3) is 5.91 Å². The van der Waals surface area contributed by atoms with Gasteiger partial charge >= 0.3 is 0 Å². The van der Waals surface area contributed by atoms with Crippen LogP contribution in [-0.4, -0.2) is 32.7 Å². The van der Waals surface area contributed by atoms with Crippen molar-refractivity contribution < 1.29 is 13.2 Å². The lowest BCUT2D eigenvalue weighted by Gasteiger charge is -2.39. The van der Waals surface area contributed by atoms with Crippen molar-refractivity contribution in [1.29, 1.82) is 0 Å². The van der Waals surface area contributed by atoms with E-state index in [0.29, 0.717) is 12.0 Å². The van der Waals surface area contributed by atoms with Crippen LogP contribution in [0.5, 0.6) is 0 Å². The van der Waals surface area contributed by atoms with Gasteiger partial charge in [0.2, 0.25) is 10.0 Å². The molecule has 6 heteroatoms. The molecule has 1 saturated heterocycles. The average molecular weight is 260 g/mol. The Balaban J connectivity index is 1.93. The van der Waals surface area contributed by atoms with E-state index in [0.717, 1.165) is 25.5 Å². The van der Waals surface area contributed by atoms with Crippen molar-refractivity contribution in [1.82, 2.24) is 10.0 Å². The van der Waals surface area contributed by atoms with Crippen LogP contribution in [0, 0.1) is 5.92 Å². The van der Waals surface area contributed by atoms with Crippen LogP contribution in [0.3, 0.4) is 0 Å². The second kappa shape index (κ2) is 4.94. The van der Waals surface area contributed by atoms with Crippen LogP contribution < -0.4 is 10.0 Å². The van der Waals surface area contributed by atoms with Gasteiger partial charge in [-0.1, -0.05) is 12.8 Å². The Hall–Kier alpha value is -0.620. The van der Waals surface area contributed by atoms with Crippen LogP contribution in [0.2, 0.25) is 0 Å². The Morgan fingerprint density at radius 2 is 1.88 bits per heavy atom. The Bertz CT molecular complexity index is 394. The summed E-state index contributed by atoms with van der Waals surface area (Å²) >= 11 is 0. The predicted molar refractivity (Wildman–Crippen MR) is 64.9 cm³/mol. The number of fused-ring (bicyclic) bond motifs is 1. The van der Waals surface area contributed by atoms with Gasteiger partial charge in [0.15, 0.2) is 0 Å². The molecule has 17 heavy (non-hydrogen) atoms.